The number of aromatic nitrogens is 1. The van der Waals surface area contributed by atoms with Gasteiger partial charge in [0.2, 0.25) is 5.78 Å². The minimum Gasteiger partial charge on any atom is -0.454 e. The Morgan fingerprint density at radius 3 is 2.50 bits per heavy atom. The van der Waals surface area contributed by atoms with Crippen molar-refractivity contribution in [3.63, 3.8) is 0 Å². The summed E-state index contributed by atoms with van der Waals surface area (Å²) in [5.74, 6) is -0.748. The van der Waals surface area contributed by atoms with Gasteiger partial charge in [-0.05, 0) is 50.1 Å². The van der Waals surface area contributed by atoms with Crippen LogP contribution < -0.4 is 0 Å². The van der Waals surface area contributed by atoms with Crippen molar-refractivity contribution in [3.8, 4) is 0 Å². The normalized spacial score (nSPS) is 11.2. The molecule has 132 valence electrons. The van der Waals surface area contributed by atoms with Gasteiger partial charge in [-0.25, -0.2) is 9.78 Å². The Bertz CT molecular complexity index is 961. The Morgan fingerprint density at radius 2 is 1.81 bits per heavy atom. The number of rotatable bonds is 5. The molecule has 0 aliphatic heterocycles. The molecule has 0 radical (unpaired) electrons. The summed E-state index contributed by atoms with van der Waals surface area (Å²) in [6.07, 6.45) is 2.92. The van der Waals surface area contributed by atoms with Gasteiger partial charge in [0.15, 0.2) is 6.61 Å². The highest BCUT2D eigenvalue weighted by atomic mass is 32.1. The third kappa shape index (κ3) is 4.06. The molecule has 0 saturated carbocycles. The summed E-state index contributed by atoms with van der Waals surface area (Å²) in [6.45, 7) is 5.50. The lowest BCUT2D eigenvalue weighted by Gasteiger charge is -2.10. The fourth-order valence-corrected chi connectivity index (χ4v) is 3.85. The van der Waals surface area contributed by atoms with Crippen molar-refractivity contribution in [2.45, 2.75) is 20.8 Å². The van der Waals surface area contributed by atoms with E-state index in [9.17, 15) is 9.59 Å². The number of fused-ring (bicyclic) bond motifs is 1. The molecule has 5 heteroatoms. The van der Waals surface area contributed by atoms with Gasteiger partial charge in [0.05, 0.1) is 10.2 Å². The maximum atomic E-state index is 12.4. The molecule has 0 saturated heterocycles. The predicted molar refractivity (Wildman–Crippen MR) is 105 cm³/mol. The molecule has 26 heavy (non-hydrogen) atoms. The Balaban J connectivity index is 1.62. The number of para-hydroxylation sites is 1. The number of esters is 1. The molecule has 0 atom stereocenters. The fraction of sp³-hybridized carbons (Fsp3) is 0.190. The third-order valence-electron chi connectivity index (χ3n) is 3.97. The second kappa shape index (κ2) is 7.62. The highest BCUT2D eigenvalue weighted by Crippen LogP contribution is 2.22. The standard InChI is InChI=1S/C21H19NO3S/c1-13-10-14(2)21(15(3)11-13)17(23)12-25-20(24)9-8-19-22-16-6-4-5-7-18(16)26-19/h4-11H,12H2,1-3H3/b9-8+. The molecule has 0 N–H and O–H groups in total. The van der Waals surface area contributed by atoms with Crippen LogP contribution in [0, 0.1) is 20.8 Å². The number of hydrogen-bond donors (Lipinski definition) is 0. The number of benzene rings is 2. The first kappa shape index (κ1) is 18.0. The lowest BCUT2D eigenvalue weighted by molar-refractivity contribution is -0.136. The lowest BCUT2D eigenvalue weighted by atomic mass is 9.97. The molecule has 0 aliphatic rings. The minimum absolute atomic E-state index is 0.193. The molecule has 0 fully saturated rings. The van der Waals surface area contributed by atoms with Crippen LogP contribution in [0.5, 0.6) is 0 Å². The topological polar surface area (TPSA) is 56.3 Å². The van der Waals surface area contributed by atoms with E-state index in [1.165, 1.54) is 17.4 Å². The van der Waals surface area contributed by atoms with E-state index in [4.69, 9.17) is 4.74 Å². The average molecular weight is 365 g/mol. The van der Waals surface area contributed by atoms with Crippen molar-refractivity contribution in [2.75, 3.05) is 6.61 Å². The van der Waals surface area contributed by atoms with E-state index >= 15 is 0 Å². The molecule has 0 aliphatic carbocycles. The number of hydrogen-bond acceptors (Lipinski definition) is 5. The highest BCUT2D eigenvalue weighted by molar-refractivity contribution is 7.19. The van der Waals surface area contributed by atoms with Crippen LogP contribution in [-0.4, -0.2) is 23.3 Å². The van der Waals surface area contributed by atoms with E-state index in [1.807, 2.05) is 57.2 Å². The molecule has 2 aromatic carbocycles. The van der Waals surface area contributed by atoms with Gasteiger partial charge < -0.3 is 4.74 Å². The SMILES string of the molecule is Cc1cc(C)c(C(=O)COC(=O)/C=C/c2nc3ccccc3s2)c(C)c1. The van der Waals surface area contributed by atoms with Crippen LogP contribution in [0.2, 0.25) is 0 Å². The van der Waals surface area contributed by atoms with Crippen LogP contribution in [0.15, 0.2) is 42.5 Å². The largest absolute Gasteiger partial charge is 0.454 e. The number of ether oxygens (including phenoxy) is 1. The summed E-state index contributed by atoms with van der Waals surface area (Å²) in [4.78, 5) is 28.7. The zero-order valence-electron chi connectivity index (χ0n) is 14.9. The Kier molecular flexibility index (Phi) is 5.28. The maximum Gasteiger partial charge on any atom is 0.331 e. The molecule has 1 aromatic heterocycles. The number of ketones is 1. The number of carbonyl (C=O) groups is 2. The van der Waals surface area contributed by atoms with Gasteiger partial charge >= 0.3 is 5.97 Å². The van der Waals surface area contributed by atoms with Gasteiger partial charge in [-0.1, -0.05) is 29.8 Å². The van der Waals surface area contributed by atoms with Gasteiger partial charge in [0.1, 0.15) is 5.01 Å². The fourth-order valence-electron chi connectivity index (χ4n) is 2.98. The maximum absolute atomic E-state index is 12.4. The van der Waals surface area contributed by atoms with Gasteiger partial charge in [-0.2, -0.15) is 0 Å². The quantitative estimate of drug-likeness (QED) is 0.375. The zero-order chi connectivity index (χ0) is 18.7. The smallest absolute Gasteiger partial charge is 0.331 e. The first-order valence-electron chi connectivity index (χ1n) is 8.25. The summed E-state index contributed by atoms with van der Waals surface area (Å²) >= 11 is 1.49. The molecule has 4 nitrogen and oxygen atoms in total. The number of thiazole rings is 1. The van der Waals surface area contributed by atoms with Crippen molar-refractivity contribution in [1.29, 1.82) is 0 Å². The van der Waals surface area contributed by atoms with Crippen molar-refractivity contribution >= 4 is 39.4 Å². The first-order chi connectivity index (χ1) is 12.4. The highest BCUT2D eigenvalue weighted by Gasteiger charge is 2.14. The number of carbonyl (C=O) groups excluding carboxylic acids is 2. The average Bonchev–Trinajstić information content (AvgIpc) is 3.00. The molecular formula is C21H19NO3S. The molecule has 0 unspecified atom stereocenters. The Labute approximate surface area is 156 Å². The van der Waals surface area contributed by atoms with Crippen LogP contribution in [0.3, 0.4) is 0 Å². The van der Waals surface area contributed by atoms with E-state index in [1.54, 1.807) is 6.08 Å². The van der Waals surface area contributed by atoms with Crippen LogP contribution in [0.25, 0.3) is 16.3 Å². The van der Waals surface area contributed by atoms with E-state index in [0.717, 1.165) is 31.9 Å². The summed E-state index contributed by atoms with van der Waals surface area (Å²) in [6, 6.07) is 11.7. The monoisotopic (exact) mass is 365 g/mol. The number of aryl methyl sites for hydroxylation is 3. The molecule has 0 spiro atoms. The second-order valence-electron chi connectivity index (χ2n) is 6.16. The Hall–Kier alpha value is -2.79. The second-order valence-corrected chi connectivity index (χ2v) is 7.22. The molecule has 3 rings (SSSR count). The summed E-state index contributed by atoms with van der Waals surface area (Å²) < 4.78 is 6.15. The van der Waals surface area contributed by atoms with Crippen molar-refractivity contribution in [3.05, 3.63) is 69.7 Å². The number of nitrogens with zero attached hydrogens (tertiary/aromatic N) is 1. The van der Waals surface area contributed by atoms with Crippen LogP contribution in [0.1, 0.15) is 32.1 Å². The first-order valence-corrected chi connectivity index (χ1v) is 9.07. The number of Topliss-reactive ketones (excluding diaryl/α,β-unsaturated/α-hetero) is 1. The minimum atomic E-state index is -0.556. The molecule has 3 aromatic rings. The predicted octanol–water partition coefficient (Wildman–Crippen LogP) is 4.66. The van der Waals surface area contributed by atoms with E-state index in [0.29, 0.717) is 5.56 Å². The molecular weight excluding hydrogens is 346 g/mol. The summed E-state index contributed by atoms with van der Waals surface area (Å²) in [7, 11) is 0. The van der Waals surface area contributed by atoms with Gasteiger partial charge in [-0.3, -0.25) is 4.79 Å². The summed E-state index contributed by atoms with van der Waals surface area (Å²) in [5, 5.41) is 0.722. The zero-order valence-corrected chi connectivity index (χ0v) is 15.7. The van der Waals surface area contributed by atoms with Gasteiger partial charge in [0, 0.05) is 11.6 Å². The van der Waals surface area contributed by atoms with Gasteiger partial charge in [-0.15, -0.1) is 11.3 Å². The van der Waals surface area contributed by atoms with E-state index in [-0.39, 0.29) is 12.4 Å². The van der Waals surface area contributed by atoms with E-state index in [2.05, 4.69) is 4.98 Å². The van der Waals surface area contributed by atoms with Crippen LogP contribution in [0.4, 0.5) is 0 Å². The molecule has 1 heterocycles. The molecule has 0 amide bonds. The molecule has 0 bridgehead atoms. The van der Waals surface area contributed by atoms with E-state index < -0.39 is 5.97 Å². The van der Waals surface area contributed by atoms with Gasteiger partial charge in [0.25, 0.3) is 0 Å². The van der Waals surface area contributed by atoms with Crippen molar-refractivity contribution in [1.82, 2.24) is 4.98 Å². The van der Waals surface area contributed by atoms with Crippen molar-refractivity contribution < 1.29 is 14.3 Å². The van der Waals surface area contributed by atoms with Crippen LogP contribution in [-0.2, 0) is 9.53 Å². The summed E-state index contributed by atoms with van der Waals surface area (Å²) in [5.41, 5.74) is 4.42. The lowest BCUT2D eigenvalue weighted by Crippen LogP contribution is -2.15. The van der Waals surface area contributed by atoms with Crippen LogP contribution >= 0.6 is 11.3 Å². The Morgan fingerprint density at radius 1 is 1.12 bits per heavy atom. The van der Waals surface area contributed by atoms with Crippen molar-refractivity contribution in [2.24, 2.45) is 0 Å². The third-order valence-corrected chi connectivity index (χ3v) is 4.98.